The molecule has 1 aromatic heterocycles. The van der Waals surface area contributed by atoms with Crippen LogP contribution in [0.15, 0.2) is 18.2 Å². The zero-order valence-electron chi connectivity index (χ0n) is 15.6. The Bertz CT molecular complexity index is 877. The number of hydrogen-bond donors (Lipinski definition) is 1. The predicted molar refractivity (Wildman–Crippen MR) is 107 cm³/mol. The Morgan fingerprint density at radius 3 is 2.81 bits per heavy atom. The van der Waals surface area contributed by atoms with Gasteiger partial charge in [-0.3, -0.25) is 4.79 Å². The van der Waals surface area contributed by atoms with Gasteiger partial charge in [-0.2, -0.15) is 0 Å². The van der Waals surface area contributed by atoms with Crippen molar-refractivity contribution < 1.29 is 19.1 Å². The summed E-state index contributed by atoms with van der Waals surface area (Å²) in [5, 5.41) is 4.02. The maximum Gasteiger partial charge on any atom is 0.341 e. The highest BCUT2D eigenvalue weighted by Gasteiger charge is 2.29. The van der Waals surface area contributed by atoms with Crippen LogP contribution in [0.5, 0.6) is 5.75 Å². The molecule has 1 amide bonds. The summed E-state index contributed by atoms with van der Waals surface area (Å²) >= 11 is 7.41. The Morgan fingerprint density at radius 2 is 2.11 bits per heavy atom. The van der Waals surface area contributed by atoms with E-state index in [1.165, 1.54) is 11.3 Å². The molecule has 1 aliphatic rings. The van der Waals surface area contributed by atoms with Gasteiger partial charge in [0.25, 0.3) is 5.91 Å². The second-order valence-corrected chi connectivity index (χ2v) is 7.98. The van der Waals surface area contributed by atoms with Crippen molar-refractivity contribution in [1.29, 1.82) is 0 Å². The lowest BCUT2D eigenvalue weighted by atomic mass is 10.1. The molecule has 3 rings (SSSR count). The lowest BCUT2D eigenvalue weighted by molar-refractivity contribution is -0.122. The molecule has 0 aliphatic heterocycles. The summed E-state index contributed by atoms with van der Waals surface area (Å²) in [4.78, 5) is 26.2. The normalized spacial score (nSPS) is 13.8. The molecule has 0 spiro atoms. The molecule has 1 N–H and O–H groups in total. The van der Waals surface area contributed by atoms with Gasteiger partial charge in [-0.25, -0.2) is 4.79 Å². The van der Waals surface area contributed by atoms with Gasteiger partial charge in [0.05, 0.1) is 12.2 Å². The fourth-order valence-corrected chi connectivity index (χ4v) is 4.62. The number of carbonyl (C=O) groups is 2. The van der Waals surface area contributed by atoms with Crippen molar-refractivity contribution in [2.75, 3.05) is 11.9 Å². The molecule has 1 heterocycles. The van der Waals surface area contributed by atoms with E-state index in [-0.39, 0.29) is 11.9 Å². The summed E-state index contributed by atoms with van der Waals surface area (Å²) in [7, 11) is 0. The Hall–Kier alpha value is -2.05. The second kappa shape index (κ2) is 8.31. The molecular formula is C20H22ClNO4S. The minimum Gasteiger partial charge on any atom is -0.481 e. The van der Waals surface area contributed by atoms with E-state index in [0.29, 0.717) is 27.9 Å². The smallest absolute Gasteiger partial charge is 0.341 e. The van der Waals surface area contributed by atoms with Crippen LogP contribution in [0.3, 0.4) is 0 Å². The molecule has 0 bridgehead atoms. The van der Waals surface area contributed by atoms with Crippen LogP contribution in [0.1, 0.15) is 46.6 Å². The lowest BCUT2D eigenvalue weighted by Gasteiger charge is -2.16. The third-order valence-electron chi connectivity index (χ3n) is 4.45. The first kappa shape index (κ1) is 19.7. The van der Waals surface area contributed by atoms with Gasteiger partial charge in [0.2, 0.25) is 0 Å². The van der Waals surface area contributed by atoms with Gasteiger partial charge in [-0.05, 0) is 69.4 Å². The van der Waals surface area contributed by atoms with Crippen molar-refractivity contribution in [2.24, 2.45) is 0 Å². The molecule has 27 heavy (non-hydrogen) atoms. The largest absolute Gasteiger partial charge is 0.481 e. The number of fused-ring (bicyclic) bond motifs is 1. The van der Waals surface area contributed by atoms with Crippen molar-refractivity contribution in [3.8, 4) is 5.75 Å². The summed E-state index contributed by atoms with van der Waals surface area (Å²) in [6, 6.07) is 5.24. The average Bonchev–Trinajstić information content (AvgIpc) is 3.17. The highest BCUT2D eigenvalue weighted by atomic mass is 35.5. The van der Waals surface area contributed by atoms with E-state index in [9.17, 15) is 9.59 Å². The van der Waals surface area contributed by atoms with Crippen LogP contribution in [0.4, 0.5) is 5.00 Å². The molecule has 1 atom stereocenters. The number of benzene rings is 1. The number of carbonyl (C=O) groups excluding carboxylic acids is 2. The van der Waals surface area contributed by atoms with Crippen molar-refractivity contribution in [3.05, 3.63) is 44.8 Å². The Labute approximate surface area is 167 Å². The monoisotopic (exact) mass is 407 g/mol. The Morgan fingerprint density at radius 1 is 1.33 bits per heavy atom. The number of rotatable bonds is 6. The summed E-state index contributed by atoms with van der Waals surface area (Å²) in [5.41, 5.74) is 2.36. The van der Waals surface area contributed by atoms with Crippen LogP contribution in [0.25, 0.3) is 0 Å². The number of halogens is 1. The minimum atomic E-state index is -0.725. The van der Waals surface area contributed by atoms with Crippen LogP contribution in [-0.4, -0.2) is 24.6 Å². The quantitative estimate of drug-likeness (QED) is 0.700. The van der Waals surface area contributed by atoms with Gasteiger partial charge in [0.1, 0.15) is 10.8 Å². The second-order valence-electron chi connectivity index (χ2n) is 6.44. The van der Waals surface area contributed by atoms with E-state index >= 15 is 0 Å². The number of thiophene rings is 1. The van der Waals surface area contributed by atoms with E-state index in [2.05, 4.69) is 5.32 Å². The topological polar surface area (TPSA) is 64.6 Å². The fraction of sp³-hybridized carbons (Fsp3) is 0.400. The first-order valence-corrected chi connectivity index (χ1v) is 10.2. The molecule has 0 saturated heterocycles. The van der Waals surface area contributed by atoms with Crippen molar-refractivity contribution in [3.63, 3.8) is 0 Å². The Kier molecular flexibility index (Phi) is 6.07. The van der Waals surface area contributed by atoms with E-state index in [1.54, 1.807) is 32.0 Å². The van der Waals surface area contributed by atoms with E-state index in [1.807, 2.05) is 6.92 Å². The zero-order chi connectivity index (χ0) is 19.6. The number of ether oxygens (including phenoxy) is 2. The molecule has 1 aliphatic carbocycles. The third-order valence-corrected chi connectivity index (χ3v) is 5.89. The van der Waals surface area contributed by atoms with Crippen molar-refractivity contribution >= 4 is 39.8 Å². The lowest BCUT2D eigenvalue weighted by Crippen LogP contribution is -2.30. The van der Waals surface area contributed by atoms with Crippen LogP contribution >= 0.6 is 22.9 Å². The minimum absolute atomic E-state index is 0.298. The molecule has 144 valence electrons. The summed E-state index contributed by atoms with van der Waals surface area (Å²) in [5.74, 6) is -0.0921. The van der Waals surface area contributed by atoms with Crippen LogP contribution in [0.2, 0.25) is 5.02 Å². The number of amides is 1. The van der Waals surface area contributed by atoms with E-state index in [0.717, 1.165) is 35.3 Å². The first-order valence-electron chi connectivity index (χ1n) is 8.96. The molecule has 7 heteroatoms. The van der Waals surface area contributed by atoms with Crippen LogP contribution in [-0.2, 0) is 22.4 Å². The number of anilines is 1. The summed E-state index contributed by atoms with van der Waals surface area (Å²) in [6.07, 6.45) is 2.07. The maximum absolute atomic E-state index is 12.6. The molecular weight excluding hydrogens is 386 g/mol. The van der Waals surface area contributed by atoms with Crippen LogP contribution in [0, 0.1) is 6.92 Å². The molecule has 0 radical (unpaired) electrons. The van der Waals surface area contributed by atoms with Gasteiger partial charge >= 0.3 is 5.97 Å². The van der Waals surface area contributed by atoms with E-state index in [4.69, 9.17) is 21.1 Å². The predicted octanol–water partition coefficient (Wildman–Crippen LogP) is 4.78. The van der Waals surface area contributed by atoms with Gasteiger partial charge in [-0.15, -0.1) is 11.3 Å². The van der Waals surface area contributed by atoms with Gasteiger partial charge in [-0.1, -0.05) is 11.6 Å². The number of hydrogen-bond acceptors (Lipinski definition) is 5. The first-order chi connectivity index (χ1) is 12.9. The standard InChI is InChI=1S/C20H22ClNO4S/c1-4-25-20(24)17-14-6-5-7-16(14)27-19(17)22-18(23)12(3)26-15-9-8-13(21)10-11(15)2/h8-10,12H,4-7H2,1-3H3,(H,22,23). The average molecular weight is 408 g/mol. The number of aryl methyl sites for hydroxylation is 2. The third kappa shape index (κ3) is 4.28. The highest BCUT2D eigenvalue weighted by molar-refractivity contribution is 7.17. The van der Waals surface area contributed by atoms with Crippen LogP contribution < -0.4 is 10.1 Å². The zero-order valence-corrected chi connectivity index (χ0v) is 17.1. The van der Waals surface area contributed by atoms with E-state index < -0.39 is 6.10 Å². The Balaban J connectivity index is 1.76. The maximum atomic E-state index is 12.6. The fourth-order valence-electron chi connectivity index (χ4n) is 3.11. The summed E-state index contributed by atoms with van der Waals surface area (Å²) < 4.78 is 11.0. The SMILES string of the molecule is CCOC(=O)c1c(NC(=O)C(C)Oc2ccc(Cl)cc2C)sc2c1CCC2. The van der Waals surface area contributed by atoms with Crippen molar-refractivity contribution in [1.82, 2.24) is 0 Å². The molecule has 2 aromatic rings. The van der Waals surface area contributed by atoms with Gasteiger partial charge in [0.15, 0.2) is 6.10 Å². The molecule has 1 aromatic carbocycles. The summed E-state index contributed by atoms with van der Waals surface area (Å²) in [6.45, 7) is 5.61. The highest BCUT2D eigenvalue weighted by Crippen LogP contribution is 2.39. The molecule has 5 nitrogen and oxygen atoms in total. The van der Waals surface area contributed by atoms with Gasteiger partial charge < -0.3 is 14.8 Å². The molecule has 1 unspecified atom stereocenters. The van der Waals surface area contributed by atoms with Gasteiger partial charge in [0, 0.05) is 9.90 Å². The number of nitrogens with one attached hydrogen (secondary N) is 1. The molecule has 0 fully saturated rings. The molecule has 0 saturated carbocycles. The van der Waals surface area contributed by atoms with Crippen molar-refractivity contribution in [2.45, 2.75) is 46.1 Å². The number of esters is 1.